The van der Waals surface area contributed by atoms with Gasteiger partial charge in [-0.2, -0.15) is 0 Å². The van der Waals surface area contributed by atoms with Gasteiger partial charge in [0.05, 0.1) is 23.7 Å². The second-order valence-corrected chi connectivity index (χ2v) is 7.73. The molecule has 3 unspecified atom stereocenters. The zero-order valence-electron chi connectivity index (χ0n) is 15.3. The molecule has 3 rings (SSSR count). The molecular weight excluding hydrogens is 370 g/mol. The maximum Gasteiger partial charge on any atom is 0.223 e. The number of aromatic nitrogens is 1. The maximum absolute atomic E-state index is 12.4. The number of nitrogens with zero attached hydrogens (tertiary/aromatic N) is 1. The zero-order chi connectivity index (χ0) is 18.0. The lowest BCUT2D eigenvalue weighted by Gasteiger charge is -2.16. The molecule has 0 spiro atoms. The fourth-order valence-electron chi connectivity index (χ4n) is 3.32. The summed E-state index contributed by atoms with van der Waals surface area (Å²) in [6, 6.07) is 7.99. The van der Waals surface area contributed by atoms with Crippen molar-refractivity contribution in [2.45, 2.75) is 45.2 Å². The molecule has 1 aromatic heterocycles. The SMILES string of the molecule is COc1ccc(-c2nc(C)c(C(C)NC(=O)C3CCC(N)C3)s2)cc1.Cl. The van der Waals surface area contributed by atoms with Gasteiger partial charge in [-0.25, -0.2) is 4.98 Å². The Morgan fingerprint density at radius 3 is 2.62 bits per heavy atom. The molecule has 1 aromatic carbocycles. The molecule has 1 fully saturated rings. The van der Waals surface area contributed by atoms with Crippen molar-refractivity contribution < 1.29 is 9.53 Å². The van der Waals surface area contributed by atoms with Crippen LogP contribution < -0.4 is 15.8 Å². The van der Waals surface area contributed by atoms with Gasteiger partial charge in [-0.05, 0) is 57.4 Å². The number of thiazole rings is 1. The summed E-state index contributed by atoms with van der Waals surface area (Å²) in [5, 5.41) is 4.10. The Hall–Kier alpha value is -1.63. The van der Waals surface area contributed by atoms with Crippen LogP contribution in [0.5, 0.6) is 5.75 Å². The second-order valence-electron chi connectivity index (χ2n) is 6.70. The lowest BCUT2D eigenvalue weighted by Crippen LogP contribution is -2.32. The summed E-state index contributed by atoms with van der Waals surface area (Å²) < 4.78 is 5.20. The van der Waals surface area contributed by atoms with Gasteiger partial charge in [-0.3, -0.25) is 4.79 Å². The van der Waals surface area contributed by atoms with Crippen LogP contribution in [-0.4, -0.2) is 24.0 Å². The minimum atomic E-state index is -0.0474. The summed E-state index contributed by atoms with van der Waals surface area (Å²) in [6.07, 6.45) is 2.61. The van der Waals surface area contributed by atoms with Crippen LogP contribution in [0.15, 0.2) is 24.3 Å². The molecule has 0 bridgehead atoms. The van der Waals surface area contributed by atoms with E-state index in [1.54, 1.807) is 18.4 Å². The number of methoxy groups -OCH3 is 1. The molecule has 142 valence electrons. The number of hydrogen-bond acceptors (Lipinski definition) is 5. The van der Waals surface area contributed by atoms with Gasteiger partial charge in [-0.1, -0.05) is 0 Å². The molecule has 1 heterocycles. The van der Waals surface area contributed by atoms with Gasteiger partial charge < -0.3 is 15.8 Å². The molecule has 1 amide bonds. The molecule has 3 N–H and O–H groups in total. The van der Waals surface area contributed by atoms with Crippen LogP contribution in [-0.2, 0) is 4.79 Å². The van der Waals surface area contributed by atoms with Gasteiger partial charge in [0.25, 0.3) is 0 Å². The first-order chi connectivity index (χ1) is 12.0. The third-order valence-corrected chi connectivity index (χ3v) is 6.15. The molecule has 0 aliphatic heterocycles. The normalized spacial score (nSPS) is 20.3. The van der Waals surface area contributed by atoms with Crippen molar-refractivity contribution in [3.8, 4) is 16.3 Å². The minimum absolute atomic E-state index is 0. The van der Waals surface area contributed by atoms with Crippen LogP contribution in [0.25, 0.3) is 10.6 Å². The lowest BCUT2D eigenvalue weighted by atomic mass is 10.1. The van der Waals surface area contributed by atoms with Gasteiger partial charge in [0, 0.05) is 17.5 Å². The number of halogens is 1. The van der Waals surface area contributed by atoms with Crippen LogP contribution in [0.1, 0.15) is 42.8 Å². The van der Waals surface area contributed by atoms with E-state index < -0.39 is 0 Å². The molecule has 1 saturated carbocycles. The summed E-state index contributed by atoms with van der Waals surface area (Å²) in [4.78, 5) is 18.2. The van der Waals surface area contributed by atoms with E-state index >= 15 is 0 Å². The number of aryl methyl sites for hydroxylation is 1. The summed E-state index contributed by atoms with van der Waals surface area (Å²) >= 11 is 1.63. The van der Waals surface area contributed by atoms with E-state index in [2.05, 4.69) is 10.3 Å². The Kier molecular flexibility index (Phi) is 7.03. The van der Waals surface area contributed by atoms with Crippen LogP contribution in [0.4, 0.5) is 0 Å². The number of benzene rings is 1. The van der Waals surface area contributed by atoms with E-state index in [1.807, 2.05) is 38.1 Å². The summed E-state index contributed by atoms with van der Waals surface area (Å²) in [5.74, 6) is 0.985. The van der Waals surface area contributed by atoms with Gasteiger partial charge in [0.1, 0.15) is 10.8 Å². The first-order valence-electron chi connectivity index (χ1n) is 8.65. The standard InChI is InChI=1S/C19H25N3O2S.ClH/c1-11(21-18(23)14-4-7-15(20)10-14)17-12(2)22-19(25-17)13-5-8-16(24-3)9-6-13;/h5-6,8-9,11,14-15H,4,7,10,20H2,1-3H3,(H,21,23);1H. The zero-order valence-corrected chi connectivity index (χ0v) is 17.0. The largest absolute Gasteiger partial charge is 0.497 e. The molecular formula is C19H26ClN3O2S. The Labute approximate surface area is 164 Å². The third-order valence-electron chi connectivity index (χ3n) is 4.77. The van der Waals surface area contributed by atoms with Crippen molar-refractivity contribution in [2.24, 2.45) is 11.7 Å². The van der Waals surface area contributed by atoms with Crippen molar-refractivity contribution in [3.63, 3.8) is 0 Å². The van der Waals surface area contributed by atoms with Gasteiger partial charge >= 0.3 is 0 Å². The van der Waals surface area contributed by atoms with Crippen LogP contribution in [0.2, 0.25) is 0 Å². The number of amides is 1. The fourth-order valence-corrected chi connectivity index (χ4v) is 4.39. The van der Waals surface area contributed by atoms with Gasteiger partial charge in [0.2, 0.25) is 5.91 Å². The first-order valence-corrected chi connectivity index (χ1v) is 9.47. The van der Waals surface area contributed by atoms with Crippen molar-refractivity contribution in [2.75, 3.05) is 7.11 Å². The smallest absolute Gasteiger partial charge is 0.223 e. The van der Waals surface area contributed by atoms with E-state index in [-0.39, 0.29) is 36.3 Å². The number of carbonyl (C=O) groups is 1. The highest BCUT2D eigenvalue weighted by molar-refractivity contribution is 7.15. The average molecular weight is 396 g/mol. The molecule has 1 aliphatic carbocycles. The number of ether oxygens (including phenoxy) is 1. The highest BCUT2D eigenvalue weighted by Gasteiger charge is 2.29. The predicted molar refractivity (Wildman–Crippen MR) is 108 cm³/mol. The highest BCUT2D eigenvalue weighted by Crippen LogP contribution is 2.33. The van der Waals surface area contributed by atoms with Crippen LogP contribution in [0, 0.1) is 12.8 Å². The summed E-state index contributed by atoms with van der Waals surface area (Å²) in [6.45, 7) is 4.01. The van der Waals surface area contributed by atoms with Crippen LogP contribution in [0.3, 0.4) is 0 Å². The summed E-state index contributed by atoms with van der Waals surface area (Å²) in [5.41, 5.74) is 7.94. The molecule has 7 heteroatoms. The Morgan fingerprint density at radius 2 is 2.04 bits per heavy atom. The lowest BCUT2D eigenvalue weighted by molar-refractivity contribution is -0.125. The number of carbonyl (C=O) groups excluding carboxylic acids is 1. The molecule has 26 heavy (non-hydrogen) atoms. The van der Waals surface area contributed by atoms with E-state index in [0.717, 1.165) is 46.2 Å². The minimum Gasteiger partial charge on any atom is -0.497 e. The summed E-state index contributed by atoms with van der Waals surface area (Å²) in [7, 11) is 1.65. The number of nitrogens with two attached hydrogens (primary N) is 1. The average Bonchev–Trinajstić information content (AvgIpc) is 3.21. The second kappa shape index (κ2) is 8.84. The quantitative estimate of drug-likeness (QED) is 0.805. The number of rotatable bonds is 5. The Bertz CT molecular complexity index is 748. The fraction of sp³-hybridized carbons (Fsp3) is 0.474. The van der Waals surface area contributed by atoms with Crippen molar-refractivity contribution in [1.29, 1.82) is 0 Å². The van der Waals surface area contributed by atoms with Crippen LogP contribution >= 0.6 is 23.7 Å². The monoisotopic (exact) mass is 395 g/mol. The van der Waals surface area contributed by atoms with E-state index in [1.165, 1.54) is 0 Å². The Balaban J connectivity index is 0.00000243. The van der Waals surface area contributed by atoms with E-state index in [9.17, 15) is 4.79 Å². The molecule has 5 nitrogen and oxygen atoms in total. The Morgan fingerprint density at radius 1 is 1.35 bits per heavy atom. The van der Waals surface area contributed by atoms with E-state index in [0.29, 0.717) is 0 Å². The number of hydrogen-bond donors (Lipinski definition) is 2. The molecule has 3 atom stereocenters. The van der Waals surface area contributed by atoms with Gasteiger partial charge in [0.15, 0.2) is 0 Å². The molecule has 0 radical (unpaired) electrons. The third kappa shape index (κ3) is 4.55. The topological polar surface area (TPSA) is 77.2 Å². The first kappa shape index (κ1) is 20.7. The van der Waals surface area contributed by atoms with E-state index in [4.69, 9.17) is 10.5 Å². The highest BCUT2D eigenvalue weighted by atomic mass is 35.5. The van der Waals surface area contributed by atoms with Gasteiger partial charge in [-0.15, -0.1) is 23.7 Å². The molecule has 1 aliphatic rings. The molecule has 0 saturated heterocycles. The maximum atomic E-state index is 12.4. The molecule has 2 aromatic rings. The number of nitrogens with one attached hydrogen (secondary N) is 1. The predicted octanol–water partition coefficient (Wildman–Crippen LogP) is 3.85. The van der Waals surface area contributed by atoms with Crippen molar-refractivity contribution in [3.05, 3.63) is 34.8 Å². The van der Waals surface area contributed by atoms with Crippen molar-refractivity contribution in [1.82, 2.24) is 10.3 Å². The van der Waals surface area contributed by atoms with Crippen molar-refractivity contribution >= 4 is 29.7 Å².